The zero-order chi connectivity index (χ0) is 18.3. The van der Waals surface area contributed by atoms with E-state index in [4.69, 9.17) is 10.5 Å². The molecule has 0 aliphatic rings. The Kier molecular flexibility index (Phi) is 4.34. The van der Waals surface area contributed by atoms with Gasteiger partial charge in [0.2, 0.25) is 5.91 Å². The number of carbonyl (C=O) groups excluding carboxylic acids is 1. The van der Waals surface area contributed by atoms with Crippen molar-refractivity contribution in [1.29, 1.82) is 0 Å². The maximum absolute atomic E-state index is 13.1. The maximum atomic E-state index is 13.1. The van der Waals surface area contributed by atoms with Gasteiger partial charge in [-0.05, 0) is 38.5 Å². The van der Waals surface area contributed by atoms with Crippen LogP contribution in [0, 0.1) is 13.8 Å². The average molecular weight is 357 g/mol. The summed E-state index contributed by atoms with van der Waals surface area (Å²) in [5.74, 6) is 0.616. The average Bonchev–Trinajstić information content (AvgIpc) is 2.90. The van der Waals surface area contributed by atoms with Crippen molar-refractivity contribution in [2.45, 2.75) is 26.8 Å². The number of hydrogen-bond donors (Lipinski definition) is 1. The van der Waals surface area contributed by atoms with Crippen molar-refractivity contribution >= 4 is 27.5 Å². The van der Waals surface area contributed by atoms with Gasteiger partial charge in [0.25, 0.3) is 5.56 Å². The number of nitrogens with zero attached hydrogens (tertiary/aromatic N) is 2. The molecule has 3 rings (SSSR count). The van der Waals surface area contributed by atoms with Gasteiger partial charge in [-0.15, -0.1) is 11.3 Å². The molecule has 25 heavy (non-hydrogen) atoms. The summed E-state index contributed by atoms with van der Waals surface area (Å²) in [6, 6.07) is 6.78. The van der Waals surface area contributed by atoms with E-state index in [0.29, 0.717) is 21.8 Å². The van der Waals surface area contributed by atoms with E-state index in [1.165, 1.54) is 15.9 Å². The van der Waals surface area contributed by atoms with Gasteiger partial charge in [-0.1, -0.05) is 12.1 Å². The van der Waals surface area contributed by atoms with Gasteiger partial charge in [0.1, 0.15) is 22.4 Å². The number of methoxy groups -OCH3 is 1. The first-order valence-electron chi connectivity index (χ1n) is 7.81. The molecule has 3 aromatic rings. The lowest BCUT2D eigenvalue weighted by molar-refractivity contribution is -0.120. The van der Waals surface area contributed by atoms with Crippen LogP contribution < -0.4 is 16.0 Å². The number of nitrogens with two attached hydrogens (primary N) is 1. The topological polar surface area (TPSA) is 87.2 Å². The zero-order valence-corrected chi connectivity index (χ0v) is 15.3. The highest BCUT2D eigenvalue weighted by atomic mass is 32.1. The Bertz CT molecular complexity index is 1040. The van der Waals surface area contributed by atoms with Gasteiger partial charge in [0.15, 0.2) is 0 Å². The molecule has 0 saturated heterocycles. The Morgan fingerprint density at radius 3 is 2.72 bits per heavy atom. The molecule has 0 radical (unpaired) electrons. The lowest BCUT2D eigenvalue weighted by atomic mass is 10.0. The van der Waals surface area contributed by atoms with Crippen molar-refractivity contribution in [3.05, 3.63) is 45.3 Å². The predicted molar refractivity (Wildman–Crippen MR) is 99.2 cm³/mol. The molecule has 1 atom stereocenters. The number of amides is 1. The summed E-state index contributed by atoms with van der Waals surface area (Å²) in [4.78, 5) is 30.9. The summed E-state index contributed by atoms with van der Waals surface area (Å²) in [6.45, 7) is 5.27. The van der Waals surface area contributed by atoms with Crippen molar-refractivity contribution in [3.63, 3.8) is 0 Å². The van der Waals surface area contributed by atoms with Crippen molar-refractivity contribution < 1.29 is 9.53 Å². The monoisotopic (exact) mass is 357 g/mol. The highest BCUT2D eigenvalue weighted by Gasteiger charge is 2.22. The molecule has 0 saturated carbocycles. The summed E-state index contributed by atoms with van der Waals surface area (Å²) in [7, 11) is 1.60. The summed E-state index contributed by atoms with van der Waals surface area (Å²) < 4.78 is 6.65. The Balaban J connectivity index is 2.37. The molecule has 1 unspecified atom stereocenters. The Morgan fingerprint density at radius 2 is 2.08 bits per heavy atom. The minimum absolute atomic E-state index is 0.254. The number of thiophene rings is 1. The third-order valence-corrected chi connectivity index (χ3v) is 5.27. The first-order valence-corrected chi connectivity index (χ1v) is 8.62. The maximum Gasteiger partial charge on any atom is 0.263 e. The molecule has 130 valence electrons. The normalized spacial score (nSPS) is 12.3. The Morgan fingerprint density at radius 1 is 1.36 bits per heavy atom. The second-order valence-corrected chi connectivity index (χ2v) is 7.06. The molecule has 6 nitrogen and oxygen atoms in total. The minimum atomic E-state index is -0.761. The zero-order valence-electron chi connectivity index (χ0n) is 14.5. The molecule has 0 bridgehead atoms. The third kappa shape index (κ3) is 2.80. The fraction of sp³-hybridized carbons (Fsp3) is 0.278. The summed E-state index contributed by atoms with van der Waals surface area (Å²) in [5.41, 5.74) is 6.85. The van der Waals surface area contributed by atoms with Crippen LogP contribution in [0.25, 0.3) is 21.3 Å². The standard InChI is InChI=1S/C18H19N3O3S/c1-9(16(19)22)21-11(3)20-17-15(18(21)23)14(10(2)25-17)12-6-5-7-13(8-12)24-4/h5-9H,1-4H3,(H2,19,22). The van der Waals surface area contributed by atoms with Crippen LogP contribution in [-0.2, 0) is 4.79 Å². The van der Waals surface area contributed by atoms with Crippen LogP contribution in [0.2, 0.25) is 0 Å². The number of aromatic nitrogens is 2. The molecule has 0 aliphatic carbocycles. The summed E-state index contributed by atoms with van der Waals surface area (Å²) in [6.07, 6.45) is 0. The second-order valence-electron chi connectivity index (χ2n) is 5.86. The number of rotatable bonds is 4. The molecule has 2 heterocycles. The highest BCUT2D eigenvalue weighted by molar-refractivity contribution is 7.19. The number of aryl methyl sites for hydroxylation is 2. The van der Waals surface area contributed by atoms with Crippen LogP contribution in [0.3, 0.4) is 0 Å². The number of ether oxygens (including phenoxy) is 1. The second kappa shape index (κ2) is 6.33. The van der Waals surface area contributed by atoms with Crippen LogP contribution in [-0.4, -0.2) is 22.6 Å². The van der Waals surface area contributed by atoms with Crippen LogP contribution in [0.15, 0.2) is 29.1 Å². The molecule has 7 heteroatoms. The summed E-state index contributed by atoms with van der Waals surface area (Å²) >= 11 is 1.46. The molecule has 1 aromatic carbocycles. The van der Waals surface area contributed by atoms with E-state index in [1.807, 2.05) is 31.2 Å². The van der Waals surface area contributed by atoms with E-state index in [9.17, 15) is 9.59 Å². The molecule has 2 N–H and O–H groups in total. The minimum Gasteiger partial charge on any atom is -0.497 e. The molecule has 0 spiro atoms. The SMILES string of the molecule is COc1cccc(-c2c(C)sc3nc(C)n(C(C)C(N)=O)c(=O)c23)c1. The van der Waals surface area contributed by atoms with E-state index in [1.54, 1.807) is 21.0 Å². The molecular weight excluding hydrogens is 338 g/mol. The van der Waals surface area contributed by atoms with Gasteiger partial charge >= 0.3 is 0 Å². The van der Waals surface area contributed by atoms with Gasteiger partial charge in [-0.3, -0.25) is 14.2 Å². The smallest absolute Gasteiger partial charge is 0.263 e. The van der Waals surface area contributed by atoms with Gasteiger partial charge in [-0.25, -0.2) is 4.98 Å². The molecule has 0 aliphatic heterocycles. The Hall–Kier alpha value is -2.67. The fourth-order valence-electron chi connectivity index (χ4n) is 2.98. The van der Waals surface area contributed by atoms with Crippen molar-refractivity contribution in [2.24, 2.45) is 5.73 Å². The number of carbonyl (C=O) groups is 1. The van der Waals surface area contributed by atoms with Crippen molar-refractivity contribution in [2.75, 3.05) is 7.11 Å². The first kappa shape index (κ1) is 17.2. The Labute approximate surface area is 148 Å². The van der Waals surface area contributed by atoms with E-state index in [0.717, 1.165) is 16.0 Å². The number of fused-ring (bicyclic) bond motifs is 1. The summed E-state index contributed by atoms with van der Waals surface area (Å²) in [5, 5.41) is 0.509. The first-order chi connectivity index (χ1) is 11.8. The van der Waals surface area contributed by atoms with E-state index >= 15 is 0 Å². The van der Waals surface area contributed by atoms with Crippen LogP contribution in [0.5, 0.6) is 5.75 Å². The molecule has 1 amide bonds. The third-order valence-electron chi connectivity index (χ3n) is 4.27. The van der Waals surface area contributed by atoms with Gasteiger partial charge in [0.05, 0.1) is 12.5 Å². The lowest BCUT2D eigenvalue weighted by Gasteiger charge is -2.14. The number of hydrogen-bond acceptors (Lipinski definition) is 5. The van der Waals surface area contributed by atoms with E-state index in [-0.39, 0.29) is 5.56 Å². The van der Waals surface area contributed by atoms with Crippen molar-refractivity contribution in [1.82, 2.24) is 9.55 Å². The van der Waals surface area contributed by atoms with E-state index in [2.05, 4.69) is 4.98 Å². The highest BCUT2D eigenvalue weighted by Crippen LogP contribution is 2.37. The van der Waals surface area contributed by atoms with Crippen LogP contribution in [0.1, 0.15) is 23.7 Å². The van der Waals surface area contributed by atoms with Gasteiger partial charge in [-0.2, -0.15) is 0 Å². The van der Waals surface area contributed by atoms with Crippen LogP contribution >= 0.6 is 11.3 Å². The van der Waals surface area contributed by atoms with Gasteiger partial charge in [0, 0.05) is 10.4 Å². The van der Waals surface area contributed by atoms with E-state index < -0.39 is 11.9 Å². The van der Waals surface area contributed by atoms with Crippen LogP contribution in [0.4, 0.5) is 0 Å². The number of primary amides is 1. The fourth-order valence-corrected chi connectivity index (χ4v) is 4.07. The molecule has 2 aromatic heterocycles. The molecular formula is C18H19N3O3S. The largest absolute Gasteiger partial charge is 0.497 e. The molecule has 0 fully saturated rings. The number of benzene rings is 1. The predicted octanol–water partition coefficient (Wildman–Crippen LogP) is 2.80. The quantitative estimate of drug-likeness (QED) is 0.778. The lowest BCUT2D eigenvalue weighted by Crippen LogP contribution is -2.34. The van der Waals surface area contributed by atoms with Gasteiger partial charge < -0.3 is 10.5 Å². The van der Waals surface area contributed by atoms with Crippen molar-refractivity contribution in [3.8, 4) is 16.9 Å².